The highest BCUT2D eigenvalue weighted by Crippen LogP contribution is 2.26. The Kier molecular flexibility index (Phi) is 12.4. The molecule has 3 heteroatoms. The number of hydrogen-bond acceptors (Lipinski definition) is 2. The van der Waals surface area contributed by atoms with Gasteiger partial charge < -0.3 is 10.2 Å². The van der Waals surface area contributed by atoms with Crippen LogP contribution in [0.25, 0.3) is 0 Å². The summed E-state index contributed by atoms with van der Waals surface area (Å²) in [6.45, 7) is 2.26. The molecule has 0 saturated carbocycles. The van der Waals surface area contributed by atoms with Crippen LogP contribution in [-0.4, -0.2) is 21.7 Å². The van der Waals surface area contributed by atoms with Crippen LogP contribution >= 0.6 is 9.24 Å². The van der Waals surface area contributed by atoms with Gasteiger partial charge in [-0.15, -0.1) is 9.24 Å². The molecule has 0 spiro atoms. The van der Waals surface area contributed by atoms with Crippen molar-refractivity contribution in [3.05, 3.63) is 35.9 Å². The Balaban J connectivity index is 2.03. The van der Waals surface area contributed by atoms with Crippen molar-refractivity contribution in [2.24, 2.45) is 0 Å². The van der Waals surface area contributed by atoms with E-state index >= 15 is 0 Å². The Bertz CT molecular complexity index is 419. The molecule has 0 saturated heterocycles. The van der Waals surface area contributed by atoms with Crippen LogP contribution < -0.4 is 0 Å². The SMILES string of the molecule is CCCCCCCCCCCCCC(P)C(O)(O)Cc1ccccc1. The van der Waals surface area contributed by atoms with Crippen molar-refractivity contribution in [3.8, 4) is 0 Å². The Morgan fingerprint density at radius 1 is 0.800 bits per heavy atom. The maximum Gasteiger partial charge on any atom is 0.172 e. The van der Waals surface area contributed by atoms with Crippen molar-refractivity contribution in [1.29, 1.82) is 0 Å². The fourth-order valence-corrected chi connectivity index (χ4v) is 3.64. The monoisotopic (exact) mass is 366 g/mol. The van der Waals surface area contributed by atoms with Gasteiger partial charge in [-0.1, -0.05) is 108 Å². The molecule has 0 fully saturated rings. The van der Waals surface area contributed by atoms with Crippen LogP contribution in [0.1, 0.15) is 89.5 Å². The van der Waals surface area contributed by atoms with Gasteiger partial charge in [0.05, 0.1) is 0 Å². The van der Waals surface area contributed by atoms with Crippen LogP contribution in [0, 0.1) is 0 Å². The van der Waals surface area contributed by atoms with E-state index in [4.69, 9.17) is 0 Å². The summed E-state index contributed by atoms with van der Waals surface area (Å²) in [6.07, 6.45) is 15.6. The van der Waals surface area contributed by atoms with E-state index in [0.29, 0.717) is 6.42 Å². The molecule has 2 atom stereocenters. The minimum atomic E-state index is -1.63. The Hall–Kier alpha value is -0.430. The molecule has 0 aliphatic carbocycles. The third-order valence-electron chi connectivity index (χ3n) is 5.02. The first-order chi connectivity index (χ1) is 12.1. The molecule has 0 amide bonds. The molecular formula is C22H39O2P. The van der Waals surface area contributed by atoms with Crippen LogP contribution in [0.15, 0.2) is 30.3 Å². The average molecular weight is 367 g/mol. The smallest absolute Gasteiger partial charge is 0.172 e. The Morgan fingerprint density at radius 3 is 1.80 bits per heavy atom. The summed E-state index contributed by atoms with van der Waals surface area (Å²) < 4.78 is 0. The zero-order valence-corrected chi connectivity index (χ0v) is 17.3. The third kappa shape index (κ3) is 11.0. The van der Waals surface area contributed by atoms with Crippen LogP contribution in [-0.2, 0) is 6.42 Å². The van der Waals surface area contributed by atoms with E-state index in [1.54, 1.807) is 0 Å². The fourth-order valence-electron chi connectivity index (χ4n) is 3.29. The van der Waals surface area contributed by atoms with Gasteiger partial charge in [0.2, 0.25) is 0 Å². The molecule has 2 nitrogen and oxygen atoms in total. The topological polar surface area (TPSA) is 40.5 Å². The van der Waals surface area contributed by atoms with Gasteiger partial charge >= 0.3 is 0 Å². The molecule has 1 aromatic rings. The number of hydrogen-bond donors (Lipinski definition) is 2. The molecule has 0 heterocycles. The maximum atomic E-state index is 10.3. The van der Waals surface area contributed by atoms with E-state index in [2.05, 4.69) is 16.2 Å². The summed E-state index contributed by atoms with van der Waals surface area (Å²) in [6, 6.07) is 9.71. The summed E-state index contributed by atoms with van der Waals surface area (Å²) in [4.78, 5) is 0. The molecule has 1 aromatic carbocycles. The van der Waals surface area contributed by atoms with Gasteiger partial charge in [-0.3, -0.25) is 0 Å². The molecule has 2 unspecified atom stereocenters. The largest absolute Gasteiger partial charge is 0.365 e. The summed E-state index contributed by atoms with van der Waals surface area (Å²) in [5, 5.41) is 20.7. The van der Waals surface area contributed by atoms with E-state index in [-0.39, 0.29) is 5.66 Å². The predicted molar refractivity (Wildman–Crippen MR) is 112 cm³/mol. The zero-order chi connectivity index (χ0) is 18.4. The molecule has 0 aliphatic heterocycles. The lowest BCUT2D eigenvalue weighted by atomic mass is 9.98. The second-order valence-electron chi connectivity index (χ2n) is 7.47. The Morgan fingerprint density at radius 2 is 1.28 bits per heavy atom. The molecule has 0 bridgehead atoms. The standard InChI is InChI=1S/C22H39O2P/c1-2-3-4-5-6-7-8-9-10-11-15-18-21(25)22(23,24)19-20-16-13-12-14-17-20/h12-14,16-17,21,23-24H,2-11,15,18-19,25H2,1H3. The number of aliphatic hydroxyl groups is 2. The maximum absolute atomic E-state index is 10.3. The Labute approximate surface area is 157 Å². The van der Waals surface area contributed by atoms with E-state index in [1.165, 1.54) is 64.2 Å². The van der Waals surface area contributed by atoms with Crippen LogP contribution in [0.4, 0.5) is 0 Å². The lowest BCUT2D eigenvalue weighted by Crippen LogP contribution is -2.40. The van der Waals surface area contributed by atoms with Gasteiger partial charge in [-0.05, 0) is 12.0 Å². The van der Waals surface area contributed by atoms with Gasteiger partial charge in [0.15, 0.2) is 5.79 Å². The fraction of sp³-hybridized carbons (Fsp3) is 0.727. The highest BCUT2D eigenvalue weighted by atomic mass is 31.0. The van der Waals surface area contributed by atoms with Crippen LogP contribution in [0.2, 0.25) is 0 Å². The first-order valence-electron chi connectivity index (χ1n) is 10.3. The highest BCUT2D eigenvalue weighted by molar-refractivity contribution is 7.17. The normalized spacial score (nSPS) is 13.1. The van der Waals surface area contributed by atoms with E-state index in [0.717, 1.165) is 18.4 Å². The second kappa shape index (κ2) is 13.7. The van der Waals surface area contributed by atoms with E-state index < -0.39 is 5.79 Å². The van der Waals surface area contributed by atoms with Crippen molar-refractivity contribution < 1.29 is 10.2 Å². The highest BCUT2D eigenvalue weighted by Gasteiger charge is 2.30. The van der Waals surface area contributed by atoms with Gasteiger partial charge in [0.1, 0.15) is 0 Å². The van der Waals surface area contributed by atoms with Gasteiger partial charge in [0.25, 0.3) is 0 Å². The summed E-state index contributed by atoms with van der Waals surface area (Å²) in [5.74, 6) is -1.63. The zero-order valence-electron chi connectivity index (χ0n) is 16.1. The molecular weight excluding hydrogens is 327 g/mol. The number of benzene rings is 1. The van der Waals surface area contributed by atoms with Gasteiger partial charge in [-0.25, -0.2) is 0 Å². The molecule has 2 N–H and O–H groups in total. The number of unbranched alkanes of at least 4 members (excludes halogenated alkanes) is 10. The third-order valence-corrected chi connectivity index (χ3v) is 5.89. The first-order valence-corrected chi connectivity index (χ1v) is 11.0. The second-order valence-corrected chi connectivity index (χ2v) is 8.28. The quantitative estimate of drug-likeness (QED) is 0.232. The van der Waals surface area contributed by atoms with Gasteiger partial charge in [-0.2, -0.15) is 0 Å². The van der Waals surface area contributed by atoms with Crippen LogP contribution in [0.3, 0.4) is 0 Å². The summed E-state index contributed by atoms with van der Waals surface area (Å²) >= 11 is 0. The van der Waals surface area contributed by atoms with E-state index in [9.17, 15) is 10.2 Å². The molecule has 1 rings (SSSR count). The predicted octanol–water partition coefficient (Wildman–Crippen LogP) is 5.85. The molecule has 25 heavy (non-hydrogen) atoms. The van der Waals surface area contributed by atoms with Crippen molar-refractivity contribution in [2.75, 3.05) is 0 Å². The molecule has 0 radical (unpaired) electrons. The lowest BCUT2D eigenvalue weighted by molar-refractivity contribution is -0.160. The van der Waals surface area contributed by atoms with Crippen molar-refractivity contribution >= 4 is 9.24 Å². The van der Waals surface area contributed by atoms with Crippen LogP contribution in [0.5, 0.6) is 0 Å². The van der Waals surface area contributed by atoms with Crippen molar-refractivity contribution in [1.82, 2.24) is 0 Å². The summed E-state index contributed by atoms with van der Waals surface area (Å²) in [7, 11) is 2.63. The minimum Gasteiger partial charge on any atom is -0.365 e. The minimum absolute atomic E-state index is 0.175. The first kappa shape index (κ1) is 22.6. The van der Waals surface area contributed by atoms with Gasteiger partial charge in [0, 0.05) is 12.1 Å². The average Bonchev–Trinajstić information content (AvgIpc) is 2.60. The molecule has 0 aliphatic rings. The van der Waals surface area contributed by atoms with Crippen molar-refractivity contribution in [2.45, 2.75) is 102 Å². The summed E-state index contributed by atoms with van der Waals surface area (Å²) in [5.41, 5.74) is 0.796. The van der Waals surface area contributed by atoms with Crippen molar-refractivity contribution in [3.63, 3.8) is 0 Å². The molecule has 0 aromatic heterocycles. The van der Waals surface area contributed by atoms with E-state index in [1.807, 2.05) is 30.3 Å². The molecule has 144 valence electrons. The number of rotatable bonds is 15. The lowest BCUT2D eigenvalue weighted by Gasteiger charge is -2.28.